The second kappa shape index (κ2) is 4.25. The number of likely N-dealkylation sites (N-methyl/N-ethyl adjacent to an activating group) is 1. The van der Waals surface area contributed by atoms with Gasteiger partial charge >= 0.3 is 5.97 Å². The number of carboxylic acid groups (broad SMARTS) is 1. The molecule has 1 aromatic heterocycles. The van der Waals surface area contributed by atoms with E-state index in [4.69, 9.17) is 9.52 Å². The van der Waals surface area contributed by atoms with Crippen LogP contribution in [0.5, 0.6) is 0 Å². The van der Waals surface area contributed by atoms with E-state index in [0.29, 0.717) is 18.0 Å². The molecule has 1 unspecified atom stereocenters. The summed E-state index contributed by atoms with van der Waals surface area (Å²) in [5, 5.41) is 9.05. The zero-order valence-corrected chi connectivity index (χ0v) is 9.56. The van der Waals surface area contributed by atoms with E-state index >= 15 is 0 Å². The van der Waals surface area contributed by atoms with Gasteiger partial charge in [-0.2, -0.15) is 0 Å². The Morgan fingerprint density at radius 2 is 2.44 bits per heavy atom. The number of rotatable bonds is 3. The van der Waals surface area contributed by atoms with Crippen molar-refractivity contribution in [2.75, 3.05) is 20.1 Å². The quantitative estimate of drug-likeness (QED) is 0.839. The molecular weight excluding hydrogens is 208 g/mol. The molecule has 5 heteroatoms. The predicted molar refractivity (Wildman–Crippen MR) is 57.7 cm³/mol. The number of hydrogen-bond donors (Lipinski definition) is 1. The van der Waals surface area contributed by atoms with Crippen LogP contribution in [0.3, 0.4) is 0 Å². The minimum atomic E-state index is -1.02. The van der Waals surface area contributed by atoms with Crippen LogP contribution < -0.4 is 0 Å². The fraction of sp³-hybridized carbons (Fsp3) is 0.636. The summed E-state index contributed by atoms with van der Waals surface area (Å²) in [5.41, 5.74) is 0.619. The number of nitrogens with zero attached hydrogens (tertiary/aromatic N) is 2. The minimum absolute atomic E-state index is 0.0251. The molecule has 1 aliphatic heterocycles. The van der Waals surface area contributed by atoms with Crippen LogP contribution in [0.4, 0.5) is 0 Å². The van der Waals surface area contributed by atoms with Crippen LogP contribution in [0.2, 0.25) is 0 Å². The van der Waals surface area contributed by atoms with Crippen LogP contribution in [0, 0.1) is 0 Å². The molecule has 0 saturated carbocycles. The molecule has 1 aromatic rings. The first-order valence-corrected chi connectivity index (χ1v) is 5.53. The Bertz CT molecular complexity index is 400. The van der Waals surface area contributed by atoms with Crippen molar-refractivity contribution in [2.45, 2.75) is 25.7 Å². The summed E-state index contributed by atoms with van der Waals surface area (Å²) in [5.74, 6) is -0.281. The summed E-state index contributed by atoms with van der Waals surface area (Å²) < 4.78 is 5.24. The van der Waals surface area contributed by atoms with Gasteiger partial charge in [-0.25, -0.2) is 9.78 Å². The summed E-state index contributed by atoms with van der Waals surface area (Å²) in [6.07, 6.45) is 1.58. The van der Waals surface area contributed by atoms with E-state index in [1.165, 1.54) is 0 Å². The third kappa shape index (κ3) is 1.95. The normalized spacial score (nSPS) is 21.5. The first-order chi connectivity index (χ1) is 7.61. The SMILES string of the molecule is CCc1nc(C2CCN(C)C2)c(C(=O)O)o1. The van der Waals surface area contributed by atoms with Crippen LogP contribution in [0.25, 0.3) is 0 Å². The van der Waals surface area contributed by atoms with Crippen LogP contribution in [-0.4, -0.2) is 41.1 Å². The van der Waals surface area contributed by atoms with Crippen molar-refractivity contribution in [1.82, 2.24) is 9.88 Å². The molecule has 2 rings (SSSR count). The van der Waals surface area contributed by atoms with Crippen molar-refractivity contribution in [3.05, 3.63) is 17.3 Å². The maximum Gasteiger partial charge on any atom is 0.373 e. The van der Waals surface area contributed by atoms with E-state index in [9.17, 15) is 4.79 Å². The van der Waals surface area contributed by atoms with Crippen molar-refractivity contribution < 1.29 is 14.3 Å². The summed E-state index contributed by atoms with van der Waals surface area (Å²) in [6, 6.07) is 0. The van der Waals surface area contributed by atoms with Gasteiger partial charge in [0.05, 0.1) is 5.69 Å². The molecule has 0 radical (unpaired) electrons. The molecule has 2 heterocycles. The number of aromatic carboxylic acids is 1. The average Bonchev–Trinajstić information content (AvgIpc) is 2.82. The Morgan fingerprint density at radius 3 is 2.94 bits per heavy atom. The standard InChI is InChI=1S/C11H16N2O3/c1-3-8-12-9(10(16-8)11(14)15)7-4-5-13(2)6-7/h7H,3-6H2,1-2H3,(H,14,15). The van der Waals surface area contributed by atoms with Crippen LogP contribution in [0.1, 0.15) is 41.4 Å². The van der Waals surface area contributed by atoms with Gasteiger partial charge in [0, 0.05) is 18.9 Å². The summed E-state index contributed by atoms with van der Waals surface area (Å²) in [7, 11) is 2.03. The number of likely N-dealkylation sites (tertiary alicyclic amines) is 1. The molecular formula is C11H16N2O3. The first kappa shape index (κ1) is 11.1. The monoisotopic (exact) mass is 224 g/mol. The molecule has 5 nitrogen and oxygen atoms in total. The third-order valence-electron chi connectivity index (χ3n) is 2.97. The lowest BCUT2D eigenvalue weighted by molar-refractivity contribution is 0.0658. The van der Waals surface area contributed by atoms with E-state index in [2.05, 4.69) is 9.88 Å². The van der Waals surface area contributed by atoms with Gasteiger partial charge in [0.15, 0.2) is 5.89 Å². The largest absolute Gasteiger partial charge is 0.475 e. The topological polar surface area (TPSA) is 66.6 Å². The molecule has 1 fully saturated rings. The van der Waals surface area contributed by atoms with Crippen molar-refractivity contribution >= 4 is 5.97 Å². The van der Waals surface area contributed by atoms with E-state index in [1.807, 2.05) is 14.0 Å². The molecule has 0 aliphatic carbocycles. The van der Waals surface area contributed by atoms with E-state index in [0.717, 1.165) is 19.5 Å². The lowest BCUT2D eigenvalue weighted by atomic mass is 10.0. The van der Waals surface area contributed by atoms with Gasteiger partial charge in [-0.15, -0.1) is 0 Å². The highest BCUT2D eigenvalue weighted by atomic mass is 16.4. The Hall–Kier alpha value is -1.36. The minimum Gasteiger partial charge on any atom is -0.475 e. The fourth-order valence-electron chi connectivity index (χ4n) is 2.12. The Labute approximate surface area is 94.1 Å². The van der Waals surface area contributed by atoms with E-state index < -0.39 is 5.97 Å². The van der Waals surface area contributed by atoms with Gasteiger partial charge in [-0.3, -0.25) is 0 Å². The third-order valence-corrected chi connectivity index (χ3v) is 2.97. The molecule has 0 amide bonds. The van der Waals surface area contributed by atoms with Crippen LogP contribution >= 0.6 is 0 Å². The lowest BCUT2D eigenvalue weighted by Crippen LogP contribution is -2.14. The molecule has 88 valence electrons. The number of aromatic nitrogens is 1. The predicted octanol–water partition coefficient (Wildman–Crippen LogP) is 1.35. The Morgan fingerprint density at radius 1 is 1.69 bits per heavy atom. The second-order valence-electron chi connectivity index (χ2n) is 4.23. The number of carbonyl (C=O) groups is 1. The Balaban J connectivity index is 2.31. The molecule has 0 bridgehead atoms. The number of hydrogen-bond acceptors (Lipinski definition) is 4. The lowest BCUT2D eigenvalue weighted by Gasteiger charge is -2.07. The van der Waals surface area contributed by atoms with Gasteiger partial charge in [-0.1, -0.05) is 6.92 Å². The zero-order valence-electron chi connectivity index (χ0n) is 9.56. The summed E-state index contributed by atoms with van der Waals surface area (Å²) in [6.45, 7) is 3.75. The summed E-state index contributed by atoms with van der Waals surface area (Å²) >= 11 is 0. The number of aryl methyl sites for hydroxylation is 1. The molecule has 1 N–H and O–H groups in total. The Kier molecular flexibility index (Phi) is 2.96. The van der Waals surface area contributed by atoms with Crippen molar-refractivity contribution in [3.63, 3.8) is 0 Å². The number of oxazole rings is 1. The molecule has 16 heavy (non-hydrogen) atoms. The van der Waals surface area contributed by atoms with Gasteiger partial charge in [0.25, 0.3) is 0 Å². The molecule has 0 spiro atoms. The maximum absolute atomic E-state index is 11.0. The smallest absolute Gasteiger partial charge is 0.373 e. The summed E-state index contributed by atoms with van der Waals surface area (Å²) in [4.78, 5) is 17.5. The first-order valence-electron chi connectivity index (χ1n) is 5.53. The maximum atomic E-state index is 11.0. The van der Waals surface area contributed by atoms with Gasteiger partial charge < -0.3 is 14.4 Å². The van der Waals surface area contributed by atoms with Gasteiger partial charge in [0.1, 0.15) is 0 Å². The fourth-order valence-corrected chi connectivity index (χ4v) is 2.12. The van der Waals surface area contributed by atoms with Crippen molar-refractivity contribution in [3.8, 4) is 0 Å². The highest BCUT2D eigenvalue weighted by Crippen LogP contribution is 2.28. The van der Waals surface area contributed by atoms with Crippen molar-refractivity contribution in [2.24, 2.45) is 0 Å². The van der Waals surface area contributed by atoms with Crippen LogP contribution in [0.15, 0.2) is 4.42 Å². The molecule has 1 aliphatic rings. The molecule has 1 saturated heterocycles. The zero-order chi connectivity index (χ0) is 11.7. The average molecular weight is 224 g/mol. The number of carboxylic acids is 1. The highest BCUT2D eigenvalue weighted by Gasteiger charge is 2.30. The van der Waals surface area contributed by atoms with Gasteiger partial charge in [-0.05, 0) is 20.0 Å². The molecule has 0 aromatic carbocycles. The van der Waals surface area contributed by atoms with E-state index in [1.54, 1.807) is 0 Å². The highest BCUT2D eigenvalue weighted by molar-refractivity contribution is 5.85. The van der Waals surface area contributed by atoms with E-state index in [-0.39, 0.29) is 11.7 Å². The second-order valence-corrected chi connectivity index (χ2v) is 4.23. The molecule has 1 atom stereocenters. The van der Waals surface area contributed by atoms with Gasteiger partial charge in [0.2, 0.25) is 5.76 Å². The van der Waals surface area contributed by atoms with Crippen LogP contribution in [-0.2, 0) is 6.42 Å². The van der Waals surface area contributed by atoms with Crippen molar-refractivity contribution in [1.29, 1.82) is 0 Å².